The zero-order valence-electron chi connectivity index (χ0n) is 22.1. The van der Waals surface area contributed by atoms with Crippen LogP contribution < -0.4 is 19.9 Å². The molecule has 10 heteroatoms. The number of amides is 1. The van der Waals surface area contributed by atoms with Crippen molar-refractivity contribution in [1.29, 1.82) is 0 Å². The number of hydrogen-bond acceptors (Lipinski definition) is 8. The standard InChI is InChI=1S/C29H34N6O3.H2S/c1-2-27(37)33-11-13-34(14-12-33)28-24-8-10-35(26-16-22(36)15-21-5-3-4-6-23(21)26)18-25(24)31-29(32-28)38-19-20-7-9-30-17-20;/h2-6,15-16,20,30,36H,1,7-14,17-19H2;1H2/t20-;/m1./s1. The molecule has 0 spiro atoms. The van der Waals surface area contributed by atoms with Gasteiger partial charge in [0.2, 0.25) is 5.91 Å². The van der Waals surface area contributed by atoms with Crippen molar-refractivity contribution in [2.75, 3.05) is 62.2 Å². The van der Waals surface area contributed by atoms with Crippen molar-refractivity contribution in [3.63, 3.8) is 0 Å². The number of hydrogen-bond donors (Lipinski definition) is 2. The van der Waals surface area contributed by atoms with Crippen molar-refractivity contribution >= 4 is 41.7 Å². The van der Waals surface area contributed by atoms with E-state index in [-0.39, 0.29) is 25.2 Å². The Hall–Kier alpha value is -3.50. The van der Waals surface area contributed by atoms with E-state index < -0.39 is 0 Å². The van der Waals surface area contributed by atoms with Crippen molar-refractivity contribution in [3.05, 3.63) is 60.3 Å². The first kappa shape index (κ1) is 27.1. The minimum absolute atomic E-state index is 0. The average molecular weight is 549 g/mol. The first-order chi connectivity index (χ1) is 18.6. The van der Waals surface area contributed by atoms with Crippen LogP contribution in [0.5, 0.6) is 11.8 Å². The van der Waals surface area contributed by atoms with Gasteiger partial charge in [-0.1, -0.05) is 30.8 Å². The molecule has 1 atom stereocenters. The molecule has 1 amide bonds. The summed E-state index contributed by atoms with van der Waals surface area (Å²) in [7, 11) is 0. The molecule has 0 saturated carbocycles. The Bertz CT molecular complexity index is 1350. The van der Waals surface area contributed by atoms with Crippen LogP contribution >= 0.6 is 13.5 Å². The molecule has 0 bridgehead atoms. The third kappa shape index (κ3) is 5.62. The summed E-state index contributed by atoms with van der Waals surface area (Å²) >= 11 is 0. The maximum atomic E-state index is 12.1. The molecule has 3 aromatic rings. The number of piperazine rings is 1. The van der Waals surface area contributed by atoms with Crippen molar-refractivity contribution in [2.45, 2.75) is 19.4 Å². The van der Waals surface area contributed by atoms with Gasteiger partial charge in [-0.3, -0.25) is 4.79 Å². The second-order valence-electron chi connectivity index (χ2n) is 10.3. The van der Waals surface area contributed by atoms with Gasteiger partial charge >= 0.3 is 6.01 Å². The Morgan fingerprint density at radius 2 is 1.95 bits per heavy atom. The van der Waals surface area contributed by atoms with E-state index in [1.807, 2.05) is 29.2 Å². The third-order valence-electron chi connectivity index (χ3n) is 7.86. The Kier molecular flexibility index (Phi) is 8.13. The summed E-state index contributed by atoms with van der Waals surface area (Å²) in [4.78, 5) is 28.3. The Morgan fingerprint density at radius 3 is 2.72 bits per heavy atom. The van der Waals surface area contributed by atoms with Gasteiger partial charge in [0.15, 0.2) is 0 Å². The lowest BCUT2D eigenvalue weighted by Crippen LogP contribution is -2.49. The van der Waals surface area contributed by atoms with Gasteiger partial charge in [0.25, 0.3) is 0 Å². The number of aromatic hydroxyl groups is 1. The summed E-state index contributed by atoms with van der Waals surface area (Å²) < 4.78 is 6.17. The SMILES string of the molecule is C=CC(=O)N1CCN(c2nc(OC[C@@H]3CCNC3)nc3c2CCN(c2cc(O)cc4ccccc24)C3)CC1.S. The summed E-state index contributed by atoms with van der Waals surface area (Å²) in [5.41, 5.74) is 3.10. The zero-order chi connectivity index (χ0) is 26.1. The summed E-state index contributed by atoms with van der Waals surface area (Å²) in [6, 6.07) is 12.2. The number of phenols is 1. The lowest BCUT2D eigenvalue weighted by atomic mass is 10.0. The van der Waals surface area contributed by atoms with Crippen LogP contribution in [0.1, 0.15) is 17.7 Å². The minimum atomic E-state index is -0.0301. The number of carbonyl (C=O) groups is 1. The number of aromatic nitrogens is 2. The van der Waals surface area contributed by atoms with Gasteiger partial charge in [-0.15, -0.1) is 0 Å². The number of nitrogens with zero attached hydrogens (tertiary/aromatic N) is 5. The Labute approximate surface area is 235 Å². The second kappa shape index (κ2) is 11.7. The number of phenolic OH excluding ortho intramolecular Hbond substituents is 1. The van der Waals surface area contributed by atoms with Crippen molar-refractivity contribution < 1.29 is 14.6 Å². The normalized spacial score (nSPS) is 19.0. The number of rotatable bonds is 6. The van der Waals surface area contributed by atoms with Crippen LogP contribution in [0.15, 0.2) is 49.1 Å². The summed E-state index contributed by atoms with van der Waals surface area (Å²) in [5, 5.41) is 15.9. The molecule has 3 aliphatic heterocycles. The smallest absolute Gasteiger partial charge is 0.318 e. The number of anilines is 2. The molecule has 39 heavy (non-hydrogen) atoms. The molecule has 3 aliphatic rings. The molecular weight excluding hydrogens is 512 g/mol. The van der Waals surface area contributed by atoms with Crippen LogP contribution in [0.2, 0.25) is 0 Å². The van der Waals surface area contributed by atoms with Gasteiger partial charge in [0, 0.05) is 67.9 Å². The van der Waals surface area contributed by atoms with E-state index in [0.29, 0.717) is 51.3 Å². The van der Waals surface area contributed by atoms with Gasteiger partial charge in [-0.2, -0.15) is 23.5 Å². The Morgan fingerprint density at radius 1 is 1.13 bits per heavy atom. The van der Waals surface area contributed by atoms with Gasteiger partial charge in [-0.05, 0) is 36.9 Å². The lowest BCUT2D eigenvalue weighted by Gasteiger charge is -2.38. The Balaban J connectivity index is 0.00000308. The van der Waals surface area contributed by atoms with Crippen molar-refractivity contribution in [3.8, 4) is 11.8 Å². The van der Waals surface area contributed by atoms with Gasteiger partial charge in [-0.25, -0.2) is 0 Å². The topological polar surface area (TPSA) is 94.1 Å². The van der Waals surface area contributed by atoms with Gasteiger partial charge in [0.1, 0.15) is 11.6 Å². The van der Waals surface area contributed by atoms with E-state index >= 15 is 0 Å². The van der Waals surface area contributed by atoms with E-state index in [9.17, 15) is 9.90 Å². The highest BCUT2D eigenvalue weighted by atomic mass is 32.1. The highest BCUT2D eigenvalue weighted by Crippen LogP contribution is 2.36. The van der Waals surface area contributed by atoms with E-state index in [1.54, 1.807) is 6.07 Å². The molecular formula is C29H36N6O3S. The van der Waals surface area contributed by atoms with Crippen LogP contribution in [0.25, 0.3) is 10.8 Å². The average Bonchev–Trinajstić information content (AvgIpc) is 3.48. The van der Waals surface area contributed by atoms with E-state index in [4.69, 9.17) is 14.7 Å². The molecule has 2 fully saturated rings. The van der Waals surface area contributed by atoms with Gasteiger partial charge in [0.05, 0.1) is 18.8 Å². The van der Waals surface area contributed by atoms with Crippen molar-refractivity contribution in [1.82, 2.24) is 20.2 Å². The summed E-state index contributed by atoms with van der Waals surface area (Å²) in [6.07, 6.45) is 3.26. The van der Waals surface area contributed by atoms with Crippen LogP contribution in [-0.2, 0) is 17.8 Å². The number of nitrogens with one attached hydrogen (secondary N) is 1. The van der Waals surface area contributed by atoms with Crippen molar-refractivity contribution in [2.24, 2.45) is 5.92 Å². The number of benzene rings is 2. The highest BCUT2D eigenvalue weighted by Gasteiger charge is 2.29. The third-order valence-corrected chi connectivity index (χ3v) is 7.86. The second-order valence-corrected chi connectivity index (χ2v) is 10.3. The molecule has 206 valence electrons. The highest BCUT2D eigenvalue weighted by molar-refractivity contribution is 7.59. The molecule has 4 heterocycles. The molecule has 2 saturated heterocycles. The molecule has 0 radical (unpaired) electrons. The van der Waals surface area contributed by atoms with E-state index in [2.05, 4.69) is 27.8 Å². The molecule has 6 rings (SSSR count). The number of ether oxygens (including phenoxy) is 1. The molecule has 0 unspecified atom stereocenters. The quantitative estimate of drug-likeness (QED) is 0.455. The van der Waals surface area contributed by atoms with E-state index in [0.717, 1.165) is 66.0 Å². The number of carbonyl (C=O) groups excluding carboxylic acids is 1. The first-order valence-electron chi connectivity index (χ1n) is 13.5. The fourth-order valence-corrected chi connectivity index (χ4v) is 5.77. The fraction of sp³-hybridized carbons (Fsp3) is 0.414. The summed E-state index contributed by atoms with van der Waals surface area (Å²) in [6.45, 7) is 10.3. The van der Waals surface area contributed by atoms with Crippen LogP contribution in [0.3, 0.4) is 0 Å². The number of fused-ring (bicyclic) bond motifs is 2. The predicted octanol–water partition coefficient (Wildman–Crippen LogP) is 2.83. The monoisotopic (exact) mass is 548 g/mol. The molecule has 2 N–H and O–H groups in total. The van der Waals surface area contributed by atoms with Crippen LogP contribution in [-0.4, -0.2) is 78.3 Å². The molecule has 0 aliphatic carbocycles. The molecule has 1 aromatic heterocycles. The van der Waals surface area contributed by atoms with Crippen LogP contribution in [0.4, 0.5) is 11.5 Å². The van der Waals surface area contributed by atoms with Gasteiger partial charge < -0.3 is 29.9 Å². The van der Waals surface area contributed by atoms with E-state index in [1.165, 1.54) is 6.08 Å². The fourth-order valence-electron chi connectivity index (χ4n) is 5.77. The summed E-state index contributed by atoms with van der Waals surface area (Å²) in [5.74, 6) is 1.61. The minimum Gasteiger partial charge on any atom is -0.508 e. The lowest BCUT2D eigenvalue weighted by molar-refractivity contribution is -0.126. The zero-order valence-corrected chi connectivity index (χ0v) is 23.1. The first-order valence-corrected chi connectivity index (χ1v) is 13.5. The molecule has 2 aromatic carbocycles. The maximum absolute atomic E-state index is 12.1. The maximum Gasteiger partial charge on any atom is 0.318 e. The molecule has 9 nitrogen and oxygen atoms in total. The van der Waals surface area contributed by atoms with Crippen LogP contribution in [0, 0.1) is 5.92 Å². The predicted molar refractivity (Wildman–Crippen MR) is 158 cm³/mol. The largest absolute Gasteiger partial charge is 0.508 e.